The molecule has 1 N–H and O–H groups in total. The SMILES string of the molecule is Cc1cscc1CNc1ccc([N+](=O)[O-])c2nonc12. The second-order valence-electron chi connectivity index (χ2n) is 4.28. The first kappa shape index (κ1) is 12.5. The van der Waals surface area contributed by atoms with Gasteiger partial charge in [-0.2, -0.15) is 11.3 Å². The van der Waals surface area contributed by atoms with E-state index in [9.17, 15) is 10.1 Å². The fraction of sp³-hybridized carbons (Fsp3) is 0.167. The maximum Gasteiger partial charge on any atom is 0.300 e. The Balaban J connectivity index is 1.93. The molecule has 3 rings (SSSR count). The van der Waals surface area contributed by atoms with Crippen LogP contribution in [-0.2, 0) is 6.54 Å². The summed E-state index contributed by atoms with van der Waals surface area (Å²) in [4.78, 5) is 10.4. The summed E-state index contributed by atoms with van der Waals surface area (Å²) in [6, 6.07) is 3.02. The van der Waals surface area contributed by atoms with Crippen molar-refractivity contribution >= 4 is 33.7 Å². The van der Waals surface area contributed by atoms with Crippen LogP contribution >= 0.6 is 11.3 Å². The molecule has 8 heteroatoms. The van der Waals surface area contributed by atoms with Crippen LogP contribution in [-0.4, -0.2) is 15.2 Å². The van der Waals surface area contributed by atoms with Crippen molar-refractivity contribution in [3.8, 4) is 0 Å². The number of aryl methyl sites for hydroxylation is 1. The van der Waals surface area contributed by atoms with Gasteiger partial charge in [0.2, 0.25) is 5.52 Å². The third-order valence-corrected chi connectivity index (χ3v) is 3.93. The summed E-state index contributed by atoms with van der Waals surface area (Å²) >= 11 is 1.64. The van der Waals surface area contributed by atoms with Gasteiger partial charge in [-0.3, -0.25) is 10.1 Å². The van der Waals surface area contributed by atoms with Crippen molar-refractivity contribution in [1.82, 2.24) is 10.3 Å². The van der Waals surface area contributed by atoms with Crippen LogP contribution in [0.25, 0.3) is 11.0 Å². The fourth-order valence-electron chi connectivity index (χ4n) is 1.90. The van der Waals surface area contributed by atoms with Gasteiger partial charge in [0.15, 0.2) is 5.52 Å². The molecule has 0 aliphatic rings. The number of nitro groups is 1. The molecular formula is C12H10N4O3S. The van der Waals surface area contributed by atoms with Crippen molar-refractivity contribution < 1.29 is 9.55 Å². The van der Waals surface area contributed by atoms with Gasteiger partial charge >= 0.3 is 5.69 Å². The second-order valence-corrected chi connectivity index (χ2v) is 5.03. The third kappa shape index (κ3) is 2.10. The summed E-state index contributed by atoms with van der Waals surface area (Å²) in [7, 11) is 0. The lowest BCUT2D eigenvalue weighted by Gasteiger charge is -2.06. The molecule has 0 bridgehead atoms. The molecule has 0 saturated heterocycles. The molecule has 3 aromatic rings. The standard InChI is InChI=1S/C12H10N4O3S/c1-7-5-20-6-8(7)4-13-9-2-3-10(16(17)18)12-11(9)14-19-15-12/h2-3,5-6,13H,4H2,1H3. The van der Waals surface area contributed by atoms with Crippen LogP contribution in [0.5, 0.6) is 0 Å². The first-order valence-corrected chi connectivity index (χ1v) is 6.76. The molecule has 1 aromatic carbocycles. The van der Waals surface area contributed by atoms with E-state index in [0.717, 1.165) is 0 Å². The molecule has 0 aliphatic heterocycles. The van der Waals surface area contributed by atoms with Crippen LogP contribution < -0.4 is 5.32 Å². The van der Waals surface area contributed by atoms with Crippen molar-refractivity contribution in [2.24, 2.45) is 0 Å². The van der Waals surface area contributed by atoms with Crippen LogP contribution in [0.3, 0.4) is 0 Å². The highest BCUT2D eigenvalue weighted by atomic mass is 32.1. The monoisotopic (exact) mass is 290 g/mol. The molecule has 0 saturated carbocycles. The highest BCUT2D eigenvalue weighted by Gasteiger charge is 2.19. The Hall–Kier alpha value is -2.48. The van der Waals surface area contributed by atoms with Crippen molar-refractivity contribution in [3.63, 3.8) is 0 Å². The van der Waals surface area contributed by atoms with Gasteiger partial charge in [0.1, 0.15) is 0 Å². The zero-order chi connectivity index (χ0) is 14.1. The van der Waals surface area contributed by atoms with E-state index in [2.05, 4.69) is 31.0 Å². The lowest BCUT2D eigenvalue weighted by molar-refractivity contribution is -0.383. The fourth-order valence-corrected chi connectivity index (χ4v) is 2.76. The molecule has 0 atom stereocenters. The maximum atomic E-state index is 10.9. The third-order valence-electron chi connectivity index (χ3n) is 3.02. The summed E-state index contributed by atoms with van der Waals surface area (Å²) in [6.07, 6.45) is 0. The Bertz CT molecular complexity index is 780. The smallest absolute Gasteiger partial charge is 0.300 e. The number of nitrogens with zero attached hydrogens (tertiary/aromatic N) is 3. The van der Waals surface area contributed by atoms with Gasteiger partial charge in [0, 0.05) is 12.6 Å². The van der Waals surface area contributed by atoms with Crippen molar-refractivity contribution in [3.05, 3.63) is 44.1 Å². The summed E-state index contributed by atoms with van der Waals surface area (Å²) in [6.45, 7) is 2.66. The molecule has 20 heavy (non-hydrogen) atoms. The zero-order valence-corrected chi connectivity index (χ0v) is 11.3. The average Bonchev–Trinajstić information content (AvgIpc) is 3.04. The summed E-state index contributed by atoms with van der Waals surface area (Å²) in [5.41, 5.74) is 3.46. The molecule has 0 radical (unpaired) electrons. The van der Waals surface area contributed by atoms with E-state index in [1.165, 1.54) is 17.2 Å². The van der Waals surface area contributed by atoms with Crippen LogP contribution in [0.2, 0.25) is 0 Å². The number of fused-ring (bicyclic) bond motifs is 1. The summed E-state index contributed by atoms with van der Waals surface area (Å²) in [5.74, 6) is 0. The number of thiophene rings is 1. The number of nitro benzene ring substituents is 1. The van der Waals surface area contributed by atoms with E-state index in [1.807, 2.05) is 6.92 Å². The second kappa shape index (κ2) is 4.89. The van der Waals surface area contributed by atoms with Gasteiger partial charge < -0.3 is 5.32 Å². The van der Waals surface area contributed by atoms with Crippen molar-refractivity contribution in [2.75, 3.05) is 5.32 Å². The van der Waals surface area contributed by atoms with Gasteiger partial charge in [-0.25, -0.2) is 4.63 Å². The van der Waals surface area contributed by atoms with Crippen LogP contribution in [0, 0.1) is 17.0 Å². The predicted molar refractivity (Wildman–Crippen MR) is 74.8 cm³/mol. The normalized spacial score (nSPS) is 10.8. The quantitative estimate of drug-likeness (QED) is 0.586. The van der Waals surface area contributed by atoms with Gasteiger partial charge in [-0.1, -0.05) is 0 Å². The summed E-state index contributed by atoms with van der Waals surface area (Å²) in [5, 5.41) is 25.6. The van der Waals surface area contributed by atoms with Gasteiger partial charge in [0.25, 0.3) is 0 Å². The van der Waals surface area contributed by atoms with Crippen molar-refractivity contribution in [2.45, 2.75) is 13.5 Å². The minimum atomic E-state index is -0.501. The molecule has 2 heterocycles. The highest BCUT2D eigenvalue weighted by Crippen LogP contribution is 2.29. The lowest BCUT2D eigenvalue weighted by atomic mass is 10.2. The number of rotatable bonds is 4. The molecule has 0 fully saturated rings. The highest BCUT2D eigenvalue weighted by molar-refractivity contribution is 7.08. The van der Waals surface area contributed by atoms with Gasteiger partial charge in [-0.05, 0) is 45.2 Å². The van der Waals surface area contributed by atoms with Crippen LogP contribution in [0.4, 0.5) is 11.4 Å². The van der Waals surface area contributed by atoms with Gasteiger partial charge in [-0.15, -0.1) is 0 Å². The van der Waals surface area contributed by atoms with E-state index in [1.54, 1.807) is 17.4 Å². The Kier molecular flexibility index (Phi) is 3.07. The Morgan fingerprint density at radius 2 is 2.15 bits per heavy atom. The minimum absolute atomic E-state index is 0.112. The molecular weight excluding hydrogens is 280 g/mol. The maximum absolute atomic E-state index is 10.9. The first-order chi connectivity index (χ1) is 9.66. The number of hydrogen-bond donors (Lipinski definition) is 1. The molecule has 0 aliphatic carbocycles. The number of anilines is 1. The molecule has 0 unspecified atom stereocenters. The van der Waals surface area contributed by atoms with Crippen LogP contribution in [0.1, 0.15) is 11.1 Å². The Morgan fingerprint density at radius 1 is 1.35 bits per heavy atom. The molecule has 2 aromatic heterocycles. The number of non-ortho nitro benzene ring substituents is 1. The minimum Gasteiger partial charge on any atom is -0.379 e. The van der Waals surface area contributed by atoms with E-state index in [4.69, 9.17) is 0 Å². The number of benzene rings is 1. The van der Waals surface area contributed by atoms with E-state index < -0.39 is 4.92 Å². The molecule has 0 amide bonds. The largest absolute Gasteiger partial charge is 0.379 e. The summed E-state index contributed by atoms with van der Waals surface area (Å²) < 4.78 is 4.61. The number of aromatic nitrogens is 2. The molecule has 7 nitrogen and oxygen atoms in total. The topological polar surface area (TPSA) is 94.1 Å². The average molecular weight is 290 g/mol. The number of nitrogens with one attached hydrogen (secondary N) is 1. The zero-order valence-electron chi connectivity index (χ0n) is 10.5. The molecule has 0 spiro atoms. The Morgan fingerprint density at radius 3 is 2.85 bits per heavy atom. The predicted octanol–water partition coefficient (Wildman–Crippen LogP) is 3.11. The lowest BCUT2D eigenvalue weighted by Crippen LogP contribution is -2.01. The van der Waals surface area contributed by atoms with E-state index in [-0.39, 0.29) is 11.2 Å². The number of hydrogen-bond acceptors (Lipinski definition) is 7. The van der Waals surface area contributed by atoms with E-state index in [0.29, 0.717) is 17.7 Å². The van der Waals surface area contributed by atoms with E-state index >= 15 is 0 Å². The molecule has 102 valence electrons. The first-order valence-electron chi connectivity index (χ1n) is 5.82. The van der Waals surface area contributed by atoms with Crippen molar-refractivity contribution in [1.29, 1.82) is 0 Å². The Labute approximate surface area is 117 Å². The van der Waals surface area contributed by atoms with Crippen LogP contribution in [0.15, 0.2) is 27.5 Å². The van der Waals surface area contributed by atoms with Gasteiger partial charge in [0.05, 0.1) is 10.6 Å².